The SMILES string of the molecule is CCCCC/C=C\C/C=C\C/C=C\C/C=C\CCCC(=O)O[C@H](COC(=O)CCCCCCC/C=C\C=C/CCCCCC)COP(=O)(O)OC[C@@H](O)COP(=O)(O)OC[C@@H](COC(=O)CCCCCCC/C=C\C=C/CCCCCC)OCCCCCCCCC/C=C\CCCCCCC=O. The summed E-state index contributed by atoms with van der Waals surface area (Å²) in [6.45, 7) is 3.38. The maximum absolute atomic E-state index is 13.1. The van der Waals surface area contributed by atoms with Crippen LogP contribution in [0.2, 0.25) is 0 Å². The van der Waals surface area contributed by atoms with E-state index in [1.54, 1.807) is 0 Å². The molecule has 0 rings (SSSR count). The molecule has 0 aromatic heterocycles. The van der Waals surface area contributed by atoms with Gasteiger partial charge in [-0.25, -0.2) is 9.13 Å². The van der Waals surface area contributed by atoms with Gasteiger partial charge in [0.05, 0.1) is 26.4 Å². The van der Waals surface area contributed by atoms with E-state index in [0.29, 0.717) is 38.7 Å². The Hall–Kier alpha value is -4.12. The van der Waals surface area contributed by atoms with Gasteiger partial charge in [-0.05, 0) is 148 Å². The molecule has 0 amide bonds. The van der Waals surface area contributed by atoms with Crippen molar-refractivity contribution in [2.75, 3.05) is 46.2 Å². The molecule has 0 aliphatic carbocycles. The molecule has 0 saturated heterocycles. The van der Waals surface area contributed by atoms with Crippen molar-refractivity contribution in [2.45, 2.75) is 347 Å². The van der Waals surface area contributed by atoms with Crippen molar-refractivity contribution in [3.05, 3.63) is 109 Å². The van der Waals surface area contributed by atoms with Gasteiger partial charge in [-0.3, -0.25) is 32.5 Å². The van der Waals surface area contributed by atoms with Gasteiger partial charge in [0, 0.05) is 32.3 Å². The highest BCUT2D eigenvalue weighted by atomic mass is 31.2. The van der Waals surface area contributed by atoms with Crippen molar-refractivity contribution >= 4 is 39.8 Å². The quantitative estimate of drug-likeness (QED) is 0.00976. The van der Waals surface area contributed by atoms with Crippen molar-refractivity contribution in [2.24, 2.45) is 0 Å². The van der Waals surface area contributed by atoms with Gasteiger partial charge in [-0.15, -0.1) is 0 Å². The van der Waals surface area contributed by atoms with Crippen LogP contribution >= 0.6 is 15.6 Å². The van der Waals surface area contributed by atoms with Gasteiger partial charge >= 0.3 is 33.6 Å². The maximum atomic E-state index is 13.1. The Morgan fingerprint density at radius 1 is 0.324 bits per heavy atom. The van der Waals surface area contributed by atoms with E-state index in [1.165, 1.54) is 70.6 Å². The standard InChI is InChI=1S/C83H144O17P2/c1-4-7-10-13-16-19-22-25-28-29-34-39-44-49-54-59-64-69-83(88)100-80(75-95-82(87)68-63-58-53-48-43-38-33-27-24-21-18-15-12-9-6-3)77-99-102(91,92)97-73-78(85)72-96-101(89,90)98-76-79(93-71-66-61-56-51-46-41-36-31-30-35-40-45-50-55-60-65-70-84)74-94-81(86)67-62-57-52-47-42-37-32-26-23-20-17-14-11-8-5-2/h16,19-21,23-28,30,32-35,39,49,54,70,78-80,85H,4-15,17-18,22,29,31,36-38,40-48,50-53,55-69,71-77H2,1-3H3,(H,89,90)(H,91,92)/b19-16-,23-20-,24-21-,28-25-,32-26-,33-27-,35-30-,39-34-,54-49-/t78-,79+,80+/m0/s1. The van der Waals surface area contributed by atoms with E-state index < -0.39 is 84.9 Å². The van der Waals surface area contributed by atoms with Crippen molar-refractivity contribution < 1.29 is 80.2 Å². The second-order valence-corrected chi connectivity index (χ2v) is 29.5. The van der Waals surface area contributed by atoms with Crippen LogP contribution in [0.4, 0.5) is 0 Å². The molecule has 0 saturated carbocycles. The summed E-state index contributed by atoms with van der Waals surface area (Å²) in [5, 5.41) is 10.6. The van der Waals surface area contributed by atoms with E-state index in [1.807, 2.05) is 12.2 Å². The Morgan fingerprint density at radius 2 is 0.618 bits per heavy atom. The van der Waals surface area contributed by atoms with Crippen LogP contribution < -0.4 is 0 Å². The molecule has 3 N–H and O–H groups in total. The predicted molar refractivity (Wildman–Crippen MR) is 418 cm³/mol. The van der Waals surface area contributed by atoms with Gasteiger partial charge in [0.1, 0.15) is 31.7 Å². The van der Waals surface area contributed by atoms with Crippen LogP contribution in [-0.2, 0) is 65.4 Å². The smallest absolute Gasteiger partial charge is 0.463 e. The summed E-state index contributed by atoms with van der Waals surface area (Å²) in [5.41, 5.74) is 0. The number of allylic oxidation sites excluding steroid dienone is 18. The third-order valence-corrected chi connectivity index (χ3v) is 18.7. The number of rotatable bonds is 77. The molecule has 2 unspecified atom stereocenters. The second kappa shape index (κ2) is 76.5. The van der Waals surface area contributed by atoms with Gasteiger partial charge in [-0.1, -0.05) is 265 Å². The number of phosphoric ester groups is 2. The van der Waals surface area contributed by atoms with Crippen LogP contribution in [0.15, 0.2) is 109 Å². The first-order valence-corrected chi connectivity index (χ1v) is 43.1. The fourth-order valence-corrected chi connectivity index (χ4v) is 12.1. The molecular formula is C83H144O17P2. The Morgan fingerprint density at radius 3 is 1.04 bits per heavy atom. The van der Waals surface area contributed by atoms with E-state index in [9.17, 15) is 43.2 Å². The molecule has 5 atom stereocenters. The number of ether oxygens (including phenoxy) is 4. The third-order valence-electron chi connectivity index (χ3n) is 16.8. The van der Waals surface area contributed by atoms with Crippen molar-refractivity contribution in [1.29, 1.82) is 0 Å². The predicted octanol–water partition coefficient (Wildman–Crippen LogP) is 23.0. The number of aliphatic hydroxyl groups is 1. The zero-order valence-corrected chi connectivity index (χ0v) is 65.8. The zero-order valence-electron chi connectivity index (χ0n) is 64.0. The van der Waals surface area contributed by atoms with E-state index >= 15 is 0 Å². The Labute approximate surface area is 619 Å². The zero-order chi connectivity index (χ0) is 74.4. The van der Waals surface area contributed by atoms with E-state index in [-0.39, 0.29) is 25.9 Å². The van der Waals surface area contributed by atoms with Crippen molar-refractivity contribution in [3.8, 4) is 0 Å². The lowest BCUT2D eigenvalue weighted by atomic mass is 10.1. The molecule has 0 aromatic carbocycles. The fraction of sp³-hybridized carbons (Fsp3) is 0.735. The molecule has 588 valence electrons. The Kier molecular flexibility index (Phi) is 73.4. The highest BCUT2D eigenvalue weighted by Gasteiger charge is 2.30. The van der Waals surface area contributed by atoms with Crippen LogP contribution in [0.25, 0.3) is 0 Å². The summed E-state index contributed by atoms with van der Waals surface area (Å²) in [4.78, 5) is 70.4. The van der Waals surface area contributed by atoms with Crippen LogP contribution in [-0.4, -0.2) is 104 Å². The van der Waals surface area contributed by atoms with Gasteiger partial charge < -0.3 is 38.6 Å². The minimum absolute atomic E-state index is 0.0260. The number of esters is 3. The Bertz CT molecular complexity index is 2330. The number of unbranched alkanes of at least 4 members (excludes halogenated alkanes) is 34. The topological polar surface area (TPSA) is 237 Å². The summed E-state index contributed by atoms with van der Waals surface area (Å²) in [5.74, 6) is -1.55. The first-order valence-electron chi connectivity index (χ1n) is 40.1. The van der Waals surface area contributed by atoms with Gasteiger partial charge in [-0.2, -0.15) is 0 Å². The number of carbonyl (C=O) groups is 4. The van der Waals surface area contributed by atoms with Crippen LogP contribution in [0.3, 0.4) is 0 Å². The van der Waals surface area contributed by atoms with Gasteiger partial charge in [0.15, 0.2) is 6.10 Å². The highest BCUT2D eigenvalue weighted by molar-refractivity contribution is 7.47. The van der Waals surface area contributed by atoms with E-state index in [0.717, 1.165) is 192 Å². The first kappa shape index (κ1) is 97.9. The number of carbonyl (C=O) groups excluding carboxylic acids is 4. The molecule has 0 aliphatic rings. The Balaban J connectivity index is 5.37. The molecule has 0 fully saturated rings. The average Bonchev–Trinajstić information content (AvgIpc) is 0.925. The number of hydrogen-bond donors (Lipinski definition) is 3. The summed E-state index contributed by atoms with van der Waals surface area (Å²) in [7, 11) is -9.83. The van der Waals surface area contributed by atoms with Crippen molar-refractivity contribution in [1.82, 2.24) is 0 Å². The molecule has 0 bridgehead atoms. The third kappa shape index (κ3) is 75.6. The molecule has 102 heavy (non-hydrogen) atoms. The van der Waals surface area contributed by atoms with Gasteiger partial charge in [0.2, 0.25) is 0 Å². The van der Waals surface area contributed by atoms with Crippen LogP contribution in [0.5, 0.6) is 0 Å². The summed E-state index contributed by atoms with van der Waals surface area (Å²) >= 11 is 0. The highest BCUT2D eigenvalue weighted by Crippen LogP contribution is 2.45. The number of phosphoric acid groups is 2. The average molecular weight is 1480 g/mol. The normalized spacial score (nSPS) is 14.5. The van der Waals surface area contributed by atoms with Gasteiger partial charge in [0.25, 0.3) is 0 Å². The van der Waals surface area contributed by atoms with Crippen LogP contribution in [0.1, 0.15) is 329 Å². The second-order valence-electron chi connectivity index (χ2n) is 26.6. The molecular weight excluding hydrogens is 1330 g/mol. The molecule has 17 nitrogen and oxygen atoms in total. The molecule has 0 heterocycles. The summed E-state index contributed by atoms with van der Waals surface area (Å²) in [6, 6.07) is 0. The molecule has 0 radical (unpaired) electrons. The lowest BCUT2D eigenvalue weighted by Crippen LogP contribution is -2.30. The monoisotopic (exact) mass is 1470 g/mol. The molecule has 0 aromatic rings. The fourth-order valence-electron chi connectivity index (χ4n) is 10.6. The summed E-state index contributed by atoms with van der Waals surface area (Å²) < 4.78 is 69.3. The lowest BCUT2D eigenvalue weighted by molar-refractivity contribution is -0.161. The number of aliphatic hydroxyl groups excluding tert-OH is 1. The molecule has 19 heteroatoms. The van der Waals surface area contributed by atoms with Crippen molar-refractivity contribution in [3.63, 3.8) is 0 Å². The number of hydrogen-bond acceptors (Lipinski definition) is 15. The molecule has 0 spiro atoms. The summed E-state index contributed by atoms with van der Waals surface area (Å²) in [6.07, 6.45) is 82.8. The largest absolute Gasteiger partial charge is 0.472 e. The number of aldehydes is 1. The van der Waals surface area contributed by atoms with E-state index in [4.69, 9.17) is 37.0 Å². The maximum Gasteiger partial charge on any atom is 0.472 e. The van der Waals surface area contributed by atoms with Crippen LogP contribution in [0, 0.1) is 0 Å². The first-order chi connectivity index (χ1) is 49.8. The van der Waals surface area contributed by atoms with E-state index in [2.05, 4.69) is 118 Å². The molecule has 0 aliphatic heterocycles. The lowest BCUT2D eigenvalue weighted by Gasteiger charge is -2.21. The minimum atomic E-state index is -4.97. The minimum Gasteiger partial charge on any atom is -0.463 e.